The van der Waals surface area contributed by atoms with Gasteiger partial charge < -0.3 is 10.6 Å². The number of amides is 2. The summed E-state index contributed by atoms with van der Waals surface area (Å²) in [4.78, 5) is 25.7. The molecule has 0 radical (unpaired) electrons. The van der Waals surface area contributed by atoms with Crippen LogP contribution in [0.5, 0.6) is 0 Å². The Balaban J connectivity index is 1.65. The van der Waals surface area contributed by atoms with E-state index >= 15 is 0 Å². The quantitative estimate of drug-likeness (QED) is 0.843. The molecular weight excluding hydrogens is 366 g/mol. The van der Waals surface area contributed by atoms with Gasteiger partial charge in [0.1, 0.15) is 6.04 Å². The summed E-state index contributed by atoms with van der Waals surface area (Å²) in [7, 11) is -3.83. The van der Waals surface area contributed by atoms with Crippen molar-refractivity contribution in [1.29, 1.82) is 0 Å². The van der Waals surface area contributed by atoms with Crippen molar-refractivity contribution in [3.05, 3.63) is 24.3 Å². The summed E-state index contributed by atoms with van der Waals surface area (Å²) in [6, 6.07) is 5.48. The van der Waals surface area contributed by atoms with Crippen LogP contribution in [0.15, 0.2) is 29.2 Å². The third-order valence-corrected chi connectivity index (χ3v) is 8.10. The van der Waals surface area contributed by atoms with E-state index in [9.17, 15) is 18.0 Å². The molecule has 2 heterocycles. The lowest BCUT2D eigenvalue weighted by molar-refractivity contribution is -0.121. The van der Waals surface area contributed by atoms with Crippen molar-refractivity contribution >= 4 is 27.5 Å². The Labute approximate surface area is 159 Å². The molecule has 27 heavy (non-hydrogen) atoms. The molecule has 7 nitrogen and oxygen atoms in total. The molecular formula is C19H25N3O4S. The van der Waals surface area contributed by atoms with Crippen molar-refractivity contribution in [3.63, 3.8) is 0 Å². The van der Waals surface area contributed by atoms with Crippen LogP contribution in [0.1, 0.15) is 44.9 Å². The van der Waals surface area contributed by atoms with Gasteiger partial charge in [-0.2, -0.15) is 4.31 Å². The first-order valence-electron chi connectivity index (χ1n) is 9.63. The van der Waals surface area contributed by atoms with Gasteiger partial charge in [0, 0.05) is 24.7 Å². The van der Waals surface area contributed by atoms with Crippen LogP contribution in [0.25, 0.3) is 0 Å². The smallest absolute Gasteiger partial charge is 0.244 e. The molecule has 3 atom stereocenters. The topological polar surface area (TPSA) is 101 Å². The fourth-order valence-electron chi connectivity index (χ4n) is 4.85. The van der Waals surface area contributed by atoms with E-state index in [1.807, 2.05) is 0 Å². The van der Waals surface area contributed by atoms with Gasteiger partial charge in [0.15, 0.2) is 0 Å². The first-order chi connectivity index (χ1) is 12.9. The molecule has 2 amide bonds. The number of rotatable bonds is 4. The number of benzene rings is 1. The third kappa shape index (κ3) is 3.14. The predicted octanol–water partition coefficient (Wildman–Crippen LogP) is 1.62. The Bertz CT molecular complexity index is 852. The highest BCUT2D eigenvalue weighted by molar-refractivity contribution is 7.89. The minimum Gasteiger partial charge on any atom is -0.368 e. The Kier molecular flexibility index (Phi) is 4.71. The van der Waals surface area contributed by atoms with Crippen LogP contribution in [0, 0.1) is 5.92 Å². The molecule has 146 valence electrons. The van der Waals surface area contributed by atoms with Gasteiger partial charge in [0.25, 0.3) is 0 Å². The van der Waals surface area contributed by atoms with Gasteiger partial charge in [-0.25, -0.2) is 8.42 Å². The maximum Gasteiger partial charge on any atom is 0.244 e. The van der Waals surface area contributed by atoms with Crippen LogP contribution in [-0.4, -0.2) is 43.2 Å². The number of hydrogen-bond acceptors (Lipinski definition) is 4. The Morgan fingerprint density at radius 1 is 1.07 bits per heavy atom. The van der Waals surface area contributed by atoms with Crippen LogP contribution >= 0.6 is 0 Å². The lowest BCUT2D eigenvalue weighted by atomic mass is 9.85. The number of sulfonamides is 1. The van der Waals surface area contributed by atoms with Crippen LogP contribution in [-0.2, 0) is 19.6 Å². The Morgan fingerprint density at radius 2 is 1.78 bits per heavy atom. The lowest BCUT2D eigenvalue weighted by Crippen LogP contribution is -2.48. The zero-order valence-corrected chi connectivity index (χ0v) is 16.0. The zero-order chi connectivity index (χ0) is 19.2. The minimum absolute atomic E-state index is 0.0592. The average molecular weight is 391 g/mol. The second kappa shape index (κ2) is 6.91. The maximum absolute atomic E-state index is 13.3. The first-order valence-corrected chi connectivity index (χ1v) is 11.1. The monoisotopic (exact) mass is 391 g/mol. The van der Waals surface area contributed by atoms with Crippen molar-refractivity contribution in [1.82, 2.24) is 4.31 Å². The van der Waals surface area contributed by atoms with Crippen LogP contribution in [0.2, 0.25) is 0 Å². The van der Waals surface area contributed by atoms with E-state index in [-0.39, 0.29) is 22.8 Å². The molecule has 3 fully saturated rings. The summed E-state index contributed by atoms with van der Waals surface area (Å²) in [5.41, 5.74) is 6.26. The summed E-state index contributed by atoms with van der Waals surface area (Å²) in [5, 5.41) is 0. The number of anilines is 1. The number of fused-ring (bicyclic) bond motifs is 1. The molecule has 2 saturated heterocycles. The van der Waals surface area contributed by atoms with E-state index < -0.39 is 22.0 Å². The summed E-state index contributed by atoms with van der Waals surface area (Å²) in [5.74, 6) is -0.316. The molecule has 0 bridgehead atoms. The highest BCUT2D eigenvalue weighted by Crippen LogP contribution is 2.42. The molecule has 4 rings (SSSR count). The van der Waals surface area contributed by atoms with E-state index in [0.29, 0.717) is 25.1 Å². The van der Waals surface area contributed by atoms with Gasteiger partial charge in [0.2, 0.25) is 21.8 Å². The van der Waals surface area contributed by atoms with E-state index in [1.54, 1.807) is 17.0 Å². The molecule has 1 aromatic rings. The number of primary amides is 1. The Morgan fingerprint density at radius 3 is 2.41 bits per heavy atom. The van der Waals surface area contributed by atoms with E-state index in [1.165, 1.54) is 16.4 Å². The van der Waals surface area contributed by atoms with Gasteiger partial charge in [-0.05, 0) is 55.9 Å². The highest BCUT2D eigenvalue weighted by atomic mass is 32.2. The summed E-state index contributed by atoms with van der Waals surface area (Å²) in [6.07, 6.45) is 5.60. The van der Waals surface area contributed by atoms with Crippen molar-refractivity contribution in [3.8, 4) is 0 Å². The molecule has 1 aliphatic carbocycles. The van der Waals surface area contributed by atoms with Crippen LogP contribution < -0.4 is 10.6 Å². The van der Waals surface area contributed by atoms with Crippen LogP contribution in [0.3, 0.4) is 0 Å². The van der Waals surface area contributed by atoms with Crippen molar-refractivity contribution < 1.29 is 18.0 Å². The number of hydrogen-bond donors (Lipinski definition) is 1. The fraction of sp³-hybridized carbons (Fsp3) is 0.579. The normalized spacial score (nSPS) is 29.1. The number of nitrogens with zero attached hydrogens (tertiary/aromatic N) is 2. The fourth-order valence-corrected chi connectivity index (χ4v) is 6.73. The van der Waals surface area contributed by atoms with Crippen molar-refractivity contribution in [2.75, 3.05) is 11.4 Å². The summed E-state index contributed by atoms with van der Waals surface area (Å²) < 4.78 is 28.0. The molecule has 0 spiro atoms. The second-order valence-electron chi connectivity index (χ2n) is 7.74. The van der Waals surface area contributed by atoms with Crippen molar-refractivity contribution in [2.45, 2.75) is 61.9 Å². The SMILES string of the molecule is NC(=O)[C@@H]1C[C@H]2CCCC[C@H]2N1S(=O)(=O)c1ccc(N2CCCC2=O)cc1. The number of carbonyl (C=O) groups is 2. The molecule has 1 saturated carbocycles. The predicted molar refractivity (Wildman–Crippen MR) is 100 cm³/mol. The Hall–Kier alpha value is -1.93. The van der Waals surface area contributed by atoms with Gasteiger partial charge in [0.05, 0.1) is 4.90 Å². The summed E-state index contributed by atoms with van der Waals surface area (Å²) >= 11 is 0. The molecule has 1 aromatic carbocycles. The molecule has 2 N–H and O–H groups in total. The minimum atomic E-state index is -3.83. The van der Waals surface area contributed by atoms with Gasteiger partial charge in [-0.3, -0.25) is 9.59 Å². The van der Waals surface area contributed by atoms with Crippen LogP contribution in [0.4, 0.5) is 5.69 Å². The average Bonchev–Trinajstić information content (AvgIpc) is 3.25. The molecule has 2 aliphatic heterocycles. The van der Waals surface area contributed by atoms with E-state index in [2.05, 4.69) is 0 Å². The van der Waals surface area contributed by atoms with Gasteiger partial charge >= 0.3 is 0 Å². The standard InChI is InChI=1S/C19H25N3O4S/c20-19(24)17-12-13-4-1-2-5-16(13)22(17)27(25,26)15-9-7-14(8-10-15)21-11-3-6-18(21)23/h7-10,13,16-17H,1-6,11-12H2,(H2,20,24)/t13-,16-,17+/m1/s1. The molecule has 0 aromatic heterocycles. The largest absolute Gasteiger partial charge is 0.368 e. The van der Waals surface area contributed by atoms with E-state index in [4.69, 9.17) is 5.73 Å². The molecule has 8 heteroatoms. The zero-order valence-electron chi connectivity index (χ0n) is 15.2. The van der Waals surface area contributed by atoms with Crippen molar-refractivity contribution in [2.24, 2.45) is 11.7 Å². The lowest BCUT2D eigenvalue weighted by Gasteiger charge is -2.32. The number of carbonyl (C=O) groups excluding carboxylic acids is 2. The second-order valence-corrected chi connectivity index (χ2v) is 9.59. The summed E-state index contributed by atoms with van der Waals surface area (Å²) in [6.45, 7) is 0.657. The highest BCUT2D eigenvalue weighted by Gasteiger charge is 2.50. The maximum atomic E-state index is 13.3. The molecule has 3 aliphatic rings. The number of nitrogens with two attached hydrogens (primary N) is 1. The van der Waals surface area contributed by atoms with Gasteiger partial charge in [-0.15, -0.1) is 0 Å². The third-order valence-electron chi connectivity index (χ3n) is 6.15. The van der Waals surface area contributed by atoms with Gasteiger partial charge in [-0.1, -0.05) is 12.8 Å². The molecule has 0 unspecified atom stereocenters. The van der Waals surface area contributed by atoms with E-state index in [0.717, 1.165) is 32.1 Å². The first kappa shape index (κ1) is 18.4.